The Balaban J connectivity index is 0.000000332. The summed E-state index contributed by atoms with van der Waals surface area (Å²) in [5, 5.41) is 29.4. The van der Waals surface area contributed by atoms with Crippen LogP contribution >= 0.6 is 47.8 Å². The second-order valence-corrected chi connectivity index (χ2v) is 29.4. The fourth-order valence-electron chi connectivity index (χ4n) is 10.6. The van der Waals surface area contributed by atoms with Gasteiger partial charge in [0.15, 0.2) is 0 Å². The molecule has 4 aliphatic rings. The Morgan fingerprint density at radius 1 is 0.466 bits per heavy atom. The zero-order valence-electron chi connectivity index (χ0n) is 61.6. The number of fused-ring (bicyclic) bond motifs is 4. The molecule has 0 bridgehead atoms. The Morgan fingerprint density at radius 3 is 1.15 bits per heavy atom. The van der Waals surface area contributed by atoms with E-state index in [1.807, 2.05) is 143 Å². The highest BCUT2D eigenvalue weighted by molar-refractivity contribution is 9.10. The van der Waals surface area contributed by atoms with E-state index in [1.165, 1.54) is 33.9 Å². The van der Waals surface area contributed by atoms with Crippen LogP contribution < -0.4 is 25.5 Å². The Labute approximate surface area is 634 Å². The molecule has 0 spiro atoms. The first-order valence-corrected chi connectivity index (χ1v) is 35.6. The summed E-state index contributed by atoms with van der Waals surface area (Å²) in [6, 6.07) is 47.3. The Kier molecular flexibility index (Phi) is 34.8. The Hall–Kier alpha value is -8.35. The van der Waals surface area contributed by atoms with Crippen molar-refractivity contribution in [1.29, 1.82) is 0 Å². The second-order valence-electron chi connectivity index (χ2n) is 27.1. The molecule has 0 aliphatic carbocycles. The number of aryl methyl sites for hydroxylation is 7. The molecule has 0 radical (unpaired) electrons. The van der Waals surface area contributed by atoms with Crippen LogP contribution in [0, 0.1) is 20.8 Å². The molecule has 0 aromatic heterocycles. The normalized spacial score (nSPS) is 13.2. The number of amides is 4. The number of hydrogen-bond donors (Lipinski definition) is 4. The molecule has 0 saturated carbocycles. The SMILES string of the molecule is C.CC(C)(C)OC(=O)CBr.CC(C)(C)OC(=O)CN1C(=O)CCc2cc(Br)ccc21.CF.Cc1ccc(-c2ccc3c(c2)CCC(=O)N3CC(=O)O)cc1.Cc1ccc(-c2ccc3c(c2)CCC(=O)N3CC(=O)OC(C)(C)C)cc1.Cc1ccc(B(O)O)cc1.O=C1CCc2cc(Br)ccc2N1.[2H]C. The van der Waals surface area contributed by atoms with Gasteiger partial charge in [-0.15, -0.1) is 0 Å². The monoisotopic (exact) mass is 1610 g/mol. The summed E-state index contributed by atoms with van der Waals surface area (Å²) in [5.41, 5.74) is 14.8. The van der Waals surface area contributed by atoms with E-state index in [4.69, 9.17) is 30.7 Å². The molecule has 103 heavy (non-hydrogen) atoms. The summed E-state index contributed by atoms with van der Waals surface area (Å²) in [4.78, 5) is 97.4. The molecule has 7 aromatic rings. The zero-order chi connectivity index (χ0) is 77.1. The number of ether oxygens (including phenoxy) is 3. The van der Waals surface area contributed by atoms with Crippen molar-refractivity contribution in [2.45, 2.75) is 166 Å². The smallest absolute Gasteiger partial charge is 0.480 e. The maximum atomic E-state index is 12.4. The molecule has 4 aliphatic heterocycles. The van der Waals surface area contributed by atoms with Crippen LogP contribution in [0.1, 0.15) is 143 Å². The number of esters is 3. The van der Waals surface area contributed by atoms with Gasteiger partial charge in [-0.1, -0.05) is 164 Å². The van der Waals surface area contributed by atoms with Gasteiger partial charge in [-0.3, -0.25) is 42.7 Å². The lowest BCUT2D eigenvalue weighted by Crippen LogP contribution is -2.41. The maximum absolute atomic E-state index is 12.4. The van der Waals surface area contributed by atoms with Crippen molar-refractivity contribution in [3.8, 4) is 22.3 Å². The van der Waals surface area contributed by atoms with Gasteiger partial charge in [0.25, 0.3) is 0 Å². The fraction of sp³-hybridized carbons (Fsp3) is 0.375. The van der Waals surface area contributed by atoms with Crippen molar-refractivity contribution in [3.05, 3.63) is 193 Å². The third kappa shape index (κ3) is 29.7. The van der Waals surface area contributed by atoms with Crippen LogP contribution in [0.15, 0.2) is 155 Å². The molecule has 7 aromatic carbocycles. The van der Waals surface area contributed by atoms with Crippen LogP contribution in [0.25, 0.3) is 22.3 Å². The number of nitrogens with zero attached hydrogens (tertiary/aromatic N) is 3. The first kappa shape index (κ1) is 87.1. The third-order valence-corrected chi connectivity index (χ3v) is 16.6. The van der Waals surface area contributed by atoms with Crippen LogP contribution in [0.3, 0.4) is 0 Å². The minimum absolute atomic E-state index is 0. The molecule has 18 nitrogen and oxygen atoms in total. The van der Waals surface area contributed by atoms with Crippen LogP contribution in [0.5, 0.6) is 0 Å². The number of carbonyl (C=O) groups excluding carboxylic acids is 7. The van der Waals surface area contributed by atoms with Gasteiger partial charge in [0.05, 0.1) is 7.18 Å². The first-order chi connectivity index (χ1) is 48.4. The van der Waals surface area contributed by atoms with E-state index < -0.39 is 24.3 Å². The van der Waals surface area contributed by atoms with Crippen LogP contribution in [-0.4, -0.2) is 119 Å². The molecule has 554 valence electrons. The number of nitrogens with one attached hydrogen (secondary N) is 1. The molecule has 23 heteroatoms. The van der Waals surface area contributed by atoms with Crippen molar-refractivity contribution in [3.63, 3.8) is 0 Å². The molecule has 11 rings (SSSR count). The molecule has 0 atom stereocenters. The number of carbonyl (C=O) groups is 8. The Bertz CT molecular complexity index is 4030. The average Bonchev–Trinajstić information content (AvgIpc) is 0.802. The fourth-order valence-corrected chi connectivity index (χ4v) is 11.6. The molecular weight excluding hydrogens is 1510 g/mol. The number of halogens is 4. The van der Waals surface area contributed by atoms with Crippen LogP contribution in [-0.2, 0) is 78.3 Å². The number of benzene rings is 7. The molecule has 4 N–H and O–H groups in total. The molecular formula is C80H99BBr3FN4O14. The van der Waals surface area contributed by atoms with Crippen molar-refractivity contribution in [1.82, 2.24) is 0 Å². The van der Waals surface area contributed by atoms with Gasteiger partial charge >= 0.3 is 31.0 Å². The number of rotatable bonds is 10. The van der Waals surface area contributed by atoms with Crippen LogP contribution in [0.4, 0.5) is 27.1 Å². The number of carboxylic acid groups (broad SMARTS) is 1. The number of aliphatic carboxylic acids is 1. The molecule has 0 fully saturated rings. The summed E-state index contributed by atoms with van der Waals surface area (Å²) in [7, 11) is 0.403. The molecule has 0 unspecified atom stereocenters. The van der Waals surface area contributed by atoms with Crippen LogP contribution in [0.2, 0.25) is 0 Å². The minimum Gasteiger partial charge on any atom is -0.480 e. The topological polar surface area (TPSA) is 247 Å². The summed E-state index contributed by atoms with van der Waals surface area (Å²) >= 11 is 9.81. The standard InChI is InChI=1S/C22H25NO3.C18H17NO3.C15H18BrNO3.C9H8BrNO.C7H9BO2.C6H11BrO2.CH3F.2CH4/c1-15-5-7-16(8-6-15)17-9-11-19-18(13-17)10-12-20(24)23(19)14-21(25)26-22(2,3)4;1-12-2-4-13(5-3-12)14-6-8-16-15(10-14)7-9-17(20)19(16)11-18(21)22;1-15(2,3)20-14(19)9-17-12-6-5-11(16)8-10(12)4-7-13(17)18;10-7-2-3-8-6(5-7)1-4-9(12)11-8;1-6-2-4-7(5-3-6)8(9)10;1-6(2,3)9-5(8)4-7;1-2;;/h5-9,11,13H,10,12,14H2,1-4H3;2-6,8,10H,7,9,11H2,1H3,(H,21,22);5-6,8H,4,7,9H2,1-3H3;2-3,5H,1,4H2,(H,11,12);2-5,9-10H,1H3;4H2,1-3H3;1H3;2*1H4/i;;;;;;;1D;. The quantitative estimate of drug-likeness (QED) is 0.0431. The van der Waals surface area contributed by atoms with Gasteiger partial charge in [-0.05, 0) is 219 Å². The average molecular weight is 1610 g/mol. The molecule has 4 amide bonds. The van der Waals surface area contributed by atoms with Gasteiger partial charge < -0.3 is 49.4 Å². The van der Waals surface area contributed by atoms with Gasteiger partial charge in [0.1, 0.15) is 41.8 Å². The highest BCUT2D eigenvalue weighted by Crippen LogP contribution is 2.35. The predicted octanol–water partition coefficient (Wildman–Crippen LogP) is 16.0. The van der Waals surface area contributed by atoms with Crippen molar-refractivity contribution >= 4 is 131 Å². The summed E-state index contributed by atoms with van der Waals surface area (Å²) in [5.74, 6) is -2.07. The van der Waals surface area contributed by atoms with Gasteiger partial charge in [0, 0.05) is 58.7 Å². The van der Waals surface area contributed by atoms with Crippen molar-refractivity contribution < 1.29 is 73.5 Å². The van der Waals surface area contributed by atoms with Crippen molar-refractivity contribution in [2.75, 3.05) is 52.2 Å². The van der Waals surface area contributed by atoms with Crippen molar-refractivity contribution in [2.24, 2.45) is 0 Å². The summed E-state index contributed by atoms with van der Waals surface area (Å²) < 4.78 is 32.9. The minimum atomic E-state index is -1.35. The van der Waals surface area contributed by atoms with E-state index >= 15 is 0 Å². The zero-order valence-corrected chi connectivity index (χ0v) is 65.4. The lowest BCUT2D eigenvalue weighted by Gasteiger charge is -2.30. The number of anilines is 4. The lowest BCUT2D eigenvalue weighted by molar-refractivity contribution is -0.154. The second kappa shape index (κ2) is 41.2. The highest BCUT2D eigenvalue weighted by Gasteiger charge is 2.31. The first-order valence-electron chi connectivity index (χ1n) is 33.9. The number of alkyl halides is 2. The van der Waals surface area contributed by atoms with E-state index in [9.17, 15) is 42.7 Å². The summed E-state index contributed by atoms with van der Waals surface area (Å²) in [6.45, 7) is 22.1. The number of hydrogen-bond acceptors (Lipinski definition) is 13. The number of carboxylic acids is 1. The Morgan fingerprint density at radius 2 is 0.786 bits per heavy atom. The largest absolute Gasteiger partial charge is 0.488 e. The van der Waals surface area contributed by atoms with E-state index in [2.05, 4.69) is 127 Å². The molecule has 4 heterocycles. The van der Waals surface area contributed by atoms with E-state index in [1.54, 1.807) is 17.0 Å². The highest BCUT2D eigenvalue weighted by atomic mass is 79.9. The molecule has 0 saturated heterocycles. The van der Waals surface area contributed by atoms with E-state index in [0.29, 0.717) is 57.6 Å². The van der Waals surface area contributed by atoms with Gasteiger partial charge in [0.2, 0.25) is 23.6 Å². The lowest BCUT2D eigenvalue weighted by atomic mass is 9.80. The van der Waals surface area contributed by atoms with Gasteiger partial charge in [-0.2, -0.15) is 0 Å². The maximum Gasteiger partial charge on any atom is 0.488 e. The van der Waals surface area contributed by atoms with E-state index in [0.717, 1.165) is 82.6 Å². The summed E-state index contributed by atoms with van der Waals surface area (Å²) in [6.07, 6.45) is 4.70. The van der Waals surface area contributed by atoms with E-state index in [-0.39, 0.29) is 79.5 Å². The third-order valence-electron chi connectivity index (χ3n) is 15.1. The van der Waals surface area contributed by atoms with Gasteiger partial charge in [-0.25, -0.2) is 0 Å². The predicted molar refractivity (Wildman–Crippen MR) is 421 cm³/mol.